The lowest BCUT2D eigenvalue weighted by atomic mass is 10.0. The second kappa shape index (κ2) is 7.04. The van der Waals surface area contributed by atoms with Gasteiger partial charge < -0.3 is 14.4 Å². The van der Waals surface area contributed by atoms with Gasteiger partial charge in [-0.15, -0.1) is 0 Å². The first-order valence-electron chi connectivity index (χ1n) is 8.42. The number of amides is 1. The van der Waals surface area contributed by atoms with Crippen LogP contribution in [0, 0.1) is 5.92 Å². The van der Waals surface area contributed by atoms with Crippen LogP contribution in [0.1, 0.15) is 25.7 Å². The molecule has 0 bridgehead atoms. The SMILES string of the molecule is COCCN1C[C@@H]2CCN(C(=O)C3CCCO3)CC[C@@H]2S1(=O)=O. The summed E-state index contributed by atoms with van der Waals surface area (Å²) in [7, 11) is -1.69. The Hall–Kier alpha value is -0.700. The monoisotopic (exact) mass is 346 g/mol. The quantitative estimate of drug-likeness (QED) is 0.720. The van der Waals surface area contributed by atoms with Crippen LogP contribution in [0.4, 0.5) is 0 Å². The molecule has 0 aromatic carbocycles. The normalized spacial score (nSPS) is 34.3. The lowest BCUT2D eigenvalue weighted by molar-refractivity contribution is -0.140. The molecule has 8 heteroatoms. The lowest BCUT2D eigenvalue weighted by Crippen LogP contribution is -2.40. The third-order valence-corrected chi connectivity index (χ3v) is 7.66. The van der Waals surface area contributed by atoms with Gasteiger partial charge in [-0.2, -0.15) is 4.31 Å². The number of ether oxygens (including phenoxy) is 2. The fraction of sp³-hybridized carbons (Fsp3) is 0.933. The van der Waals surface area contributed by atoms with Crippen LogP contribution in [-0.2, 0) is 24.3 Å². The first-order valence-corrected chi connectivity index (χ1v) is 9.92. The molecule has 132 valence electrons. The summed E-state index contributed by atoms with van der Waals surface area (Å²) in [6.07, 6.45) is 2.66. The second-order valence-electron chi connectivity index (χ2n) is 6.60. The standard InChI is InChI=1S/C15H26N2O5S/c1-21-10-8-17-11-12-4-6-16(7-5-14(12)23(17,19)20)15(18)13-3-2-9-22-13/h12-14H,2-11H2,1H3/t12-,13?,14-/m0/s1. The number of hydrogen-bond acceptors (Lipinski definition) is 5. The van der Waals surface area contributed by atoms with E-state index in [9.17, 15) is 13.2 Å². The van der Waals surface area contributed by atoms with E-state index in [0.717, 1.165) is 19.3 Å². The molecule has 23 heavy (non-hydrogen) atoms. The van der Waals surface area contributed by atoms with Gasteiger partial charge in [0.25, 0.3) is 5.91 Å². The smallest absolute Gasteiger partial charge is 0.251 e. The molecule has 3 atom stereocenters. The van der Waals surface area contributed by atoms with Crippen LogP contribution in [0.15, 0.2) is 0 Å². The van der Waals surface area contributed by atoms with Gasteiger partial charge in [-0.05, 0) is 31.6 Å². The van der Waals surface area contributed by atoms with Gasteiger partial charge in [-0.25, -0.2) is 8.42 Å². The van der Waals surface area contributed by atoms with Crippen molar-refractivity contribution in [1.82, 2.24) is 9.21 Å². The van der Waals surface area contributed by atoms with Crippen molar-refractivity contribution in [2.45, 2.75) is 37.0 Å². The summed E-state index contributed by atoms with van der Waals surface area (Å²) in [5.41, 5.74) is 0. The molecule has 3 aliphatic heterocycles. The van der Waals surface area contributed by atoms with Crippen molar-refractivity contribution in [3.8, 4) is 0 Å². The van der Waals surface area contributed by atoms with E-state index in [1.165, 1.54) is 0 Å². The van der Waals surface area contributed by atoms with Gasteiger partial charge >= 0.3 is 0 Å². The maximum absolute atomic E-state index is 12.7. The minimum atomic E-state index is -3.27. The van der Waals surface area contributed by atoms with Gasteiger partial charge in [0.05, 0.1) is 11.9 Å². The van der Waals surface area contributed by atoms with Crippen LogP contribution in [0.3, 0.4) is 0 Å². The number of likely N-dealkylation sites (tertiary alicyclic amines) is 1. The van der Waals surface area contributed by atoms with Crippen molar-refractivity contribution < 1.29 is 22.7 Å². The third-order valence-electron chi connectivity index (χ3n) is 5.22. The Balaban J connectivity index is 1.63. The fourth-order valence-corrected chi connectivity index (χ4v) is 6.13. The highest BCUT2D eigenvalue weighted by Crippen LogP contribution is 2.34. The van der Waals surface area contributed by atoms with Gasteiger partial charge in [-0.3, -0.25) is 4.79 Å². The highest BCUT2D eigenvalue weighted by Gasteiger charge is 2.47. The number of nitrogens with zero attached hydrogens (tertiary/aromatic N) is 2. The van der Waals surface area contributed by atoms with E-state index in [1.807, 2.05) is 4.90 Å². The molecule has 3 saturated heterocycles. The number of hydrogen-bond donors (Lipinski definition) is 0. The van der Waals surface area contributed by atoms with E-state index in [0.29, 0.717) is 45.8 Å². The Morgan fingerprint density at radius 2 is 2.04 bits per heavy atom. The van der Waals surface area contributed by atoms with Crippen LogP contribution in [0.25, 0.3) is 0 Å². The molecule has 0 spiro atoms. The van der Waals surface area contributed by atoms with Crippen molar-refractivity contribution in [3.63, 3.8) is 0 Å². The van der Waals surface area contributed by atoms with Crippen molar-refractivity contribution in [2.75, 3.05) is 46.5 Å². The van der Waals surface area contributed by atoms with Crippen LogP contribution >= 0.6 is 0 Å². The predicted molar refractivity (Wildman–Crippen MR) is 84.4 cm³/mol. The Kier molecular flexibility index (Phi) is 5.25. The number of sulfonamides is 1. The molecule has 0 N–H and O–H groups in total. The van der Waals surface area contributed by atoms with Gasteiger partial charge in [0.2, 0.25) is 10.0 Å². The number of rotatable bonds is 4. The number of fused-ring (bicyclic) bond motifs is 1. The topological polar surface area (TPSA) is 76.2 Å². The van der Waals surface area contributed by atoms with Crippen LogP contribution in [0.2, 0.25) is 0 Å². The summed E-state index contributed by atoms with van der Waals surface area (Å²) in [5.74, 6) is 0.148. The van der Waals surface area contributed by atoms with Crippen molar-refractivity contribution >= 4 is 15.9 Å². The minimum Gasteiger partial charge on any atom is -0.383 e. The highest BCUT2D eigenvalue weighted by atomic mass is 32.2. The molecule has 0 saturated carbocycles. The summed E-state index contributed by atoms with van der Waals surface area (Å²) in [4.78, 5) is 14.3. The van der Waals surface area contributed by atoms with Crippen molar-refractivity contribution in [2.24, 2.45) is 5.92 Å². The molecule has 0 aromatic rings. The summed E-state index contributed by atoms with van der Waals surface area (Å²) < 4.78 is 37.4. The van der Waals surface area contributed by atoms with Gasteiger partial charge in [0.1, 0.15) is 6.10 Å². The predicted octanol–water partition coefficient (Wildman–Crippen LogP) is 0.0644. The summed E-state index contributed by atoms with van der Waals surface area (Å²) in [5, 5.41) is -0.360. The fourth-order valence-electron chi connectivity index (χ4n) is 3.90. The average Bonchev–Trinajstić information content (AvgIpc) is 3.06. The summed E-state index contributed by atoms with van der Waals surface area (Å²) in [6.45, 7) is 3.19. The van der Waals surface area contributed by atoms with Crippen LogP contribution in [0.5, 0.6) is 0 Å². The first-order chi connectivity index (χ1) is 11.0. The Morgan fingerprint density at radius 3 is 2.74 bits per heavy atom. The molecule has 0 radical (unpaired) electrons. The molecular weight excluding hydrogens is 320 g/mol. The van der Waals surface area contributed by atoms with Gasteiger partial charge in [0.15, 0.2) is 0 Å². The summed E-state index contributed by atoms with van der Waals surface area (Å²) >= 11 is 0. The number of methoxy groups -OCH3 is 1. The van der Waals surface area contributed by atoms with E-state index in [2.05, 4.69) is 0 Å². The molecule has 0 aromatic heterocycles. The largest absolute Gasteiger partial charge is 0.383 e. The average molecular weight is 346 g/mol. The highest BCUT2D eigenvalue weighted by molar-refractivity contribution is 7.90. The third kappa shape index (κ3) is 3.40. The molecule has 1 amide bonds. The Morgan fingerprint density at radius 1 is 1.26 bits per heavy atom. The van der Waals surface area contributed by atoms with E-state index >= 15 is 0 Å². The second-order valence-corrected chi connectivity index (χ2v) is 8.75. The first kappa shape index (κ1) is 17.1. The van der Waals surface area contributed by atoms with E-state index in [-0.39, 0.29) is 23.2 Å². The maximum Gasteiger partial charge on any atom is 0.251 e. The van der Waals surface area contributed by atoms with Gasteiger partial charge in [-0.1, -0.05) is 0 Å². The molecule has 1 unspecified atom stereocenters. The van der Waals surface area contributed by atoms with E-state index in [4.69, 9.17) is 9.47 Å². The lowest BCUT2D eigenvalue weighted by Gasteiger charge is -2.24. The minimum absolute atomic E-state index is 0.0381. The maximum atomic E-state index is 12.7. The zero-order valence-corrected chi connectivity index (χ0v) is 14.5. The van der Waals surface area contributed by atoms with Crippen LogP contribution in [-0.4, -0.2) is 81.4 Å². The Labute approximate surface area is 138 Å². The number of carbonyl (C=O) groups excluding carboxylic acids is 1. The zero-order valence-electron chi connectivity index (χ0n) is 13.6. The van der Waals surface area contributed by atoms with Crippen molar-refractivity contribution in [1.29, 1.82) is 0 Å². The zero-order chi connectivity index (χ0) is 16.4. The summed E-state index contributed by atoms with van der Waals surface area (Å²) in [6, 6.07) is 0. The van der Waals surface area contributed by atoms with E-state index < -0.39 is 10.0 Å². The molecule has 0 aliphatic carbocycles. The molecule has 7 nitrogen and oxygen atoms in total. The van der Waals surface area contributed by atoms with Crippen LogP contribution < -0.4 is 0 Å². The van der Waals surface area contributed by atoms with Gasteiger partial charge in [0, 0.05) is 39.9 Å². The molecular formula is C15H26N2O5S. The molecule has 3 fully saturated rings. The van der Waals surface area contributed by atoms with E-state index in [1.54, 1.807) is 11.4 Å². The van der Waals surface area contributed by atoms with Crippen molar-refractivity contribution in [3.05, 3.63) is 0 Å². The Bertz CT molecular complexity index is 532. The molecule has 3 aliphatic rings. The molecule has 3 heterocycles. The number of carbonyl (C=O) groups is 1. The molecule has 3 rings (SSSR count).